The average Bonchev–Trinajstić information content (AvgIpc) is 3.38. The van der Waals surface area contributed by atoms with Gasteiger partial charge in [-0.3, -0.25) is 9.48 Å². The molecular formula is C21H16ClF2N5O2. The Morgan fingerprint density at radius 2 is 2.00 bits per heavy atom. The summed E-state index contributed by atoms with van der Waals surface area (Å²) in [6, 6.07) is 11.8. The summed E-state index contributed by atoms with van der Waals surface area (Å²) in [4.78, 5) is 12.4. The van der Waals surface area contributed by atoms with Gasteiger partial charge in [-0.15, -0.1) is 0 Å². The van der Waals surface area contributed by atoms with E-state index in [1.807, 2.05) is 0 Å². The van der Waals surface area contributed by atoms with Crippen molar-refractivity contribution in [1.82, 2.24) is 19.6 Å². The zero-order chi connectivity index (χ0) is 21.8. The maximum Gasteiger partial charge on any atom is 0.276 e. The monoisotopic (exact) mass is 443 g/mol. The first-order valence-electron chi connectivity index (χ1n) is 9.16. The summed E-state index contributed by atoms with van der Waals surface area (Å²) in [5.41, 5.74) is 1.41. The van der Waals surface area contributed by atoms with Crippen LogP contribution in [0.3, 0.4) is 0 Å². The molecule has 0 bridgehead atoms. The Morgan fingerprint density at radius 3 is 2.81 bits per heavy atom. The highest BCUT2D eigenvalue weighted by atomic mass is 35.5. The lowest BCUT2D eigenvalue weighted by Crippen LogP contribution is -2.14. The highest BCUT2D eigenvalue weighted by Gasteiger charge is 2.12. The summed E-state index contributed by atoms with van der Waals surface area (Å²) in [6.07, 6.45) is 4.71. The molecule has 31 heavy (non-hydrogen) atoms. The van der Waals surface area contributed by atoms with Gasteiger partial charge in [0.1, 0.15) is 17.4 Å². The van der Waals surface area contributed by atoms with E-state index >= 15 is 0 Å². The molecule has 0 atom stereocenters. The SMILES string of the molecule is O=C(Nc1cnn(Cc2cccc(F)c2)c1)c1ccn(COc2ccc(F)c(Cl)c2)n1. The summed E-state index contributed by atoms with van der Waals surface area (Å²) in [7, 11) is 0. The summed E-state index contributed by atoms with van der Waals surface area (Å²) in [5, 5.41) is 11.0. The van der Waals surface area contributed by atoms with E-state index in [2.05, 4.69) is 15.5 Å². The second kappa shape index (κ2) is 8.97. The molecule has 0 saturated carbocycles. The molecule has 2 aromatic heterocycles. The van der Waals surface area contributed by atoms with Crippen molar-refractivity contribution < 1.29 is 18.3 Å². The van der Waals surface area contributed by atoms with Crippen LogP contribution in [0.1, 0.15) is 16.1 Å². The lowest BCUT2D eigenvalue weighted by Gasteiger charge is -2.06. The molecule has 2 heterocycles. The van der Waals surface area contributed by atoms with Crippen molar-refractivity contribution in [2.24, 2.45) is 0 Å². The zero-order valence-electron chi connectivity index (χ0n) is 16.0. The van der Waals surface area contributed by atoms with Crippen LogP contribution in [0.15, 0.2) is 67.1 Å². The Hall–Kier alpha value is -3.72. The number of carbonyl (C=O) groups is 1. The second-order valence-electron chi connectivity index (χ2n) is 6.60. The summed E-state index contributed by atoms with van der Waals surface area (Å²) < 4.78 is 35.0. The predicted molar refractivity (Wildman–Crippen MR) is 110 cm³/mol. The Bertz CT molecular complexity index is 1220. The molecule has 4 rings (SSSR count). The number of halogens is 3. The number of ether oxygens (including phenoxy) is 1. The van der Waals surface area contributed by atoms with Gasteiger partial charge in [-0.1, -0.05) is 23.7 Å². The zero-order valence-corrected chi connectivity index (χ0v) is 16.8. The number of nitrogens with one attached hydrogen (secondary N) is 1. The van der Waals surface area contributed by atoms with E-state index in [0.29, 0.717) is 18.0 Å². The van der Waals surface area contributed by atoms with Crippen LogP contribution in [0, 0.1) is 11.6 Å². The van der Waals surface area contributed by atoms with Crippen LogP contribution in [-0.4, -0.2) is 25.5 Å². The maximum atomic E-state index is 13.3. The van der Waals surface area contributed by atoms with Gasteiger partial charge < -0.3 is 10.1 Å². The molecule has 0 radical (unpaired) electrons. The Labute approximate surface area is 180 Å². The number of amides is 1. The number of rotatable bonds is 7. The van der Waals surface area contributed by atoms with Gasteiger partial charge in [0.05, 0.1) is 23.5 Å². The molecule has 1 amide bonds. The van der Waals surface area contributed by atoms with Gasteiger partial charge in [-0.25, -0.2) is 13.5 Å². The number of nitrogens with zero attached hydrogens (tertiary/aromatic N) is 4. The Morgan fingerprint density at radius 1 is 1.13 bits per heavy atom. The van der Waals surface area contributed by atoms with Crippen LogP contribution in [-0.2, 0) is 13.3 Å². The van der Waals surface area contributed by atoms with Gasteiger partial charge in [0, 0.05) is 18.5 Å². The smallest absolute Gasteiger partial charge is 0.276 e. The molecule has 0 aliphatic carbocycles. The average molecular weight is 444 g/mol. The number of hydrogen-bond acceptors (Lipinski definition) is 4. The molecule has 0 aliphatic heterocycles. The number of benzene rings is 2. The van der Waals surface area contributed by atoms with Crippen molar-refractivity contribution in [3.63, 3.8) is 0 Å². The van der Waals surface area contributed by atoms with Gasteiger partial charge in [0.25, 0.3) is 5.91 Å². The van der Waals surface area contributed by atoms with Crippen molar-refractivity contribution in [3.8, 4) is 5.75 Å². The van der Waals surface area contributed by atoms with Crippen LogP contribution in [0.2, 0.25) is 5.02 Å². The van der Waals surface area contributed by atoms with E-state index in [-0.39, 0.29) is 23.3 Å². The largest absolute Gasteiger partial charge is 0.471 e. The number of hydrogen-bond donors (Lipinski definition) is 1. The predicted octanol–water partition coefficient (Wildman–Crippen LogP) is 4.35. The summed E-state index contributed by atoms with van der Waals surface area (Å²) >= 11 is 5.72. The van der Waals surface area contributed by atoms with Crippen molar-refractivity contribution in [3.05, 3.63) is 95.0 Å². The highest BCUT2D eigenvalue weighted by molar-refractivity contribution is 6.30. The third-order valence-electron chi connectivity index (χ3n) is 4.25. The maximum absolute atomic E-state index is 13.3. The van der Waals surface area contributed by atoms with Gasteiger partial charge in [-0.2, -0.15) is 10.2 Å². The normalized spacial score (nSPS) is 10.8. The summed E-state index contributed by atoms with van der Waals surface area (Å²) in [5.74, 6) is -0.904. The lowest BCUT2D eigenvalue weighted by atomic mass is 10.2. The third kappa shape index (κ3) is 5.26. The molecule has 10 heteroatoms. The van der Waals surface area contributed by atoms with Crippen LogP contribution < -0.4 is 10.1 Å². The van der Waals surface area contributed by atoms with Gasteiger partial charge in [0.15, 0.2) is 12.4 Å². The lowest BCUT2D eigenvalue weighted by molar-refractivity contribution is 0.102. The van der Waals surface area contributed by atoms with E-state index in [1.165, 1.54) is 47.3 Å². The third-order valence-corrected chi connectivity index (χ3v) is 4.54. The van der Waals surface area contributed by atoms with Crippen molar-refractivity contribution in [1.29, 1.82) is 0 Å². The van der Waals surface area contributed by atoms with E-state index in [9.17, 15) is 13.6 Å². The van der Waals surface area contributed by atoms with Crippen LogP contribution >= 0.6 is 11.6 Å². The first kappa shape index (κ1) is 20.5. The van der Waals surface area contributed by atoms with Crippen molar-refractivity contribution in [2.75, 3.05) is 5.32 Å². The second-order valence-corrected chi connectivity index (χ2v) is 7.01. The fourth-order valence-electron chi connectivity index (χ4n) is 2.79. The van der Waals surface area contributed by atoms with Crippen LogP contribution in [0.4, 0.5) is 14.5 Å². The minimum absolute atomic E-state index is 0.0147. The van der Waals surface area contributed by atoms with E-state index < -0.39 is 11.7 Å². The molecule has 158 valence electrons. The topological polar surface area (TPSA) is 74.0 Å². The molecule has 0 saturated heterocycles. The fraction of sp³-hybridized carbons (Fsp3) is 0.0952. The minimum Gasteiger partial charge on any atom is -0.471 e. The van der Waals surface area contributed by atoms with Gasteiger partial charge in [0.2, 0.25) is 0 Å². The molecule has 1 N–H and O–H groups in total. The quantitative estimate of drug-likeness (QED) is 0.461. The van der Waals surface area contributed by atoms with Crippen LogP contribution in [0.5, 0.6) is 5.75 Å². The number of aromatic nitrogens is 4. The van der Waals surface area contributed by atoms with Crippen LogP contribution in [0.25, 0.3) is 0 Å². The molecular weight excluding hydrogens is 428 g/mol. The highest BCUT2D eigenvalue weighted by Crippen LogP contribution is 2.21. The van der Waals surface area contributed by atoms with E-state index in [0.717, 1.165) is 5.56 Å². The van der Waals surface area contributed by atoms with E-state index in [1.54, 1.807) is 29.2 Å². The number of anilines is 1. The summed E-state index contributed by atoms with van der Waals surface area (Å²) in [6.45, 7) is 0.383. The fourth-order valence-corrected chi connectivity index (χ4v) is 2.96. The van der Waals surface area contributed by atoms with E-state index in [4.69, 9.17) is 16.3 Å². The molecule has 2 aromatic carbocycles. The minimum atomic E-state index is -0.536. The van der Waals surface area contributed by atoms with Gasteiger partial charge >= 0.3 is 0 Å². The first-order valence-corrected chi connectivity index (χ1v) is 9.53. The molecule has 7 nitrogen and oxygen atoms in total. The van der Waals surface area contributed by atoms with Crippen molar-refractivity contribution >= 4 is 23.2 Å². The Balaban J connectivity index is 1.33. The Kier molecular flexibility index (Phi) is 5.94. The first-order chi connectivity index (χ1) is 15.0. The van der Waals surface area contributed by atoms with Gasteiger partial charge in [-0.05, 0) is 35.9 Å². The number of carbonyl (C=O) groups excluding carboxylic acids is 1. The molecule has 0 fully saturated rings. The standard InChI is InChI=1S/C21H16ClF2N5O2/c22-18-9-17(4-5-19(18)24)31-13-28-7-6-20(27-28)21(30)26-16-10-25-29(12-16)11-14-2-1-3-15(23)8-14/h1-10,12H,11,13H2,(H,26,30). The molecule has 4 aromatic rings. The van der Waals surface area contributed by atoms with Crippen molar-refractivity contribution in [2.45, 2.75) is 13.3 Å². The molecule has 0 spiro atoms. The molecule has 0 aliphatic rings. The molecule has 0 unspecified atom stereocenters.